The van der Waals surface area contributed by atoms with Crippen molar-refractivity contribution in [3.63, 3.8) is 0 Å². The molecule has 0 aliphatic carbocycles. The van der Waals surface area contributed by atoms with Gasteiger partial charge in [0.2, 0.25) is 0 Å². The van der Waals surface area contributed by atoms with E-state index in [0.717, 1.165) is 56.8 Å². The topological polar surface area (TPSA) is 59.1 Å². The highest BCUT2D eigenvalue weighted by atomic mass is 16.5. The largest absolute Gasteiger partial charge is 0.494 e. The number of hydrogen-bond acceptors (Lipinski definition) is 6. The third kappa shape index (κ3) is 11.1. The van der Waals surface area contributed by atoms with Crippen LogP contribution in [-0.2, 0) is 9.53 Å². The number of likely N-dealkylation sites (N-methyl/N-ethyl adjacent to an activating group) is 1. The molecule has 1 saturated heterocycles. The van der Waals surface area contributed by atoms with Crippen LogP contribution in [0.5, 0.6) is 5.75 Å². The number of carbonyl (C=O) groups excluding carboxylic acids is 2. The lowest BCUT2D eigenvalue weighted by molar-refractivity contribution is -0.143. The van der Waals surface area contributed by atoms with Crippen LogP contribution in [0.1, 0.15) is 75.1 Å². The van der Waals surface area contributed by atoms with Crippen LogP contribution in [0.25, 0.3) is 0 Å². The highest BCUT2D eigenvalue weighted by molar-refractivity contribution is 5.97. The number of ketones is 1. The molecule has 6 heteroatoms. The molecule has 0 atom stereocenters. The molecule has 1 fully saturated rings. The molecule has 0 bridgehead atoms. The second-order valence-corrected chi connectivity index (χ2v) is 8.76. The number of benzene rings is 1. The fourth-order valence-corrected chi connectivity index (χ4v) is 3.89. The molecular weight excluding hydrogens is 404 g/mol. The Morgan fingerprint density at radius 2 is 1.44 bits per heavy atom. The minimum Gasteiger partial charge on any atom is -0.494 e. The minimum atomic E-state index is -0.0700. The third-order valence-corrected chi connectivity index (χ3v) is 5.99. The molecule has 1 aromatic rings. The van der Waals surface area contributed by atoms with Gasteiger partial charge in [-0.2, -0.15) is 0 Å². The number of carbonyl (C=O) groups is 2. The van der Waals surface area contributed by atoms with E-state index in [-0.39, 0.29) is 11.8 Å². The van der Waals surface area contributed by atoms with E-state index >= 15 is 0 Å². The van der Waals surface area contributed by atoms with Gasteiger partial charge in [0, 0.05) is 38.2 Å². The van der Waals surface area contributed by atoms with Gasteiger partial charge in [0.05, 0.1) is 19.8 Å². The maximum Gasteiger partial charge on any atom is 0.305 e. The average molecular weight is 447 g/mol. The summed E-state index contributed by atoms with van der Waals surface area (Å²) < 4.78 is 10.8. The molecule has 180 valence electrons. The molecular formula is C26H42N2O4. The van der Waals surface area contributed by atoms with E-state index in [0.29, 0.717) is 26.2 Å². The number of nitrogens with zero attached hydrogens (tertiary/aromatic N) is 2. The molecule has 32 heavy (non-hydrogen) atoms. The Morgan fingerprint density at radius 1 is 0.844 bits per heavy atom. The van der Waals surface area contributed by atoms with E-state index in [1.54, 1.807) is 0 Å². The SMILES string of the molecule is CCOC(=O)CCCCCCCCCCOc1ccc(C(=O)CN2CCN(C)CC2)cc1. The summed E-state index contributed by atoms with van der Waals surface area (Å²) in [5.41, 5.74) is 0.763. The number of rotatable bonds is 16. The van der Waals surface area contributed by atoms with Gasteiger partial charge in [-0.25, -0.2) is 0 Å². The van der Waals surface area contributed by atoms with Gasteiger partial charge in [-0.15, -0.1) is 0 Å². The summed E-state index contributed by atoms with van der Waals surface area (Å²) in [6, 6.07) is 7.59. The Balaban J connectivity index is 1.47. The predicted molar refractivity (Wildman–Crippen MR) is 128 cm³/mol. The number of ether oxygens (including phenoxy) is 2. The molecule has 1 heterocycles. The number of piperazine rings is 1. The smallest absolute Gasteiger partial charge is 0.305 e. The third-order valence-electron chi connectivity index (χ3n) is 5.99. The van der Waals surface area contributed by atoms with Crippen LogP contribution in [0.15, 0.2) is 24.3 Å². The van der Waals surface area contributed by atoms with Gasteiger partial charge in [0.15, 0.2) is 5.78 Å². The van der Waals surface area contributed by atoms with Crippen LogP contribution in [0.2, 0.25) is 0 Å². The van der Waals surface area contributed by atoms with Crippen LogP contribution >= 0.6 is 0 Å². The molecule has 1 aromatic carbocycles. The summed E-state index contributed by atoms with van der Waals surface area (Å²) in [4.78, 5) is 28.3. The Labute approximate surface area is 194 Å². The van der Waals surface area contributed by atoms with E-state index in [4.69, 9.17) is 9.47 Å². The Hall–Kier alpha value is -1.92. The Bertz CT molecular complexity index is 654. The van der Waals surface area contributed by atoms with Gasteiger partial charge in [-0.05, 0) is 51.1 Å². The van der Waals surface area contributed by atoms with Crippen LogP contribution in [0.4, 0.5) is 0 Å². The van der Waals surface area contributed by atoms with E-state index in [2.05, 4.69) is 16.8 Å². The molecule has 0 unspecified atom stereocenters. The second kappa shape index (κ2) is 15.8. The lowest BCUT2D eigenvalue weighted by Crippen LogP contribution is -2.46. The highest BCUT2D eigenvalue weighted by Crippen LogP contribution is 2.15. The van der Waals surface area contributed by atoms with E-state index < -0.39 is 0 Å². The Morgan fingerprint density at radius 3 is 2.06 bits per heavy atom. The van der Waals surface area contributed by atoms with Crippen molar-refractivity contribution in [1.82, 2.24) is 9.80 Å². The maximum atomic E-state index is 12.5. The number of unbranched alkanes of at least 4 members (excludes halogenated alkanes) is 7. The van der Waals surface area contributed by atoms with Crippen molar-refractivity contribution in [3.05, 3.63) is 29.8 Å². The van der Waals surface area contributed by atoms with Crippen molar-refractivity contribution in [2.75, 3.05) is 53.0 Å². The van der Waals surface area contributed by atoms with Gasteiger partial charge in [0.1, 0.15) is 5.75 Å². The predicted octanol–water partition coefficient (Wildman–Crippen LogP) is 4.57. The molecule has 0 N–H and O–H groups in total. The highest BCUT2D eigenvalue weighted by Gasteiger charge is 2.17. The standard InChI is InChI=1S/C26H42N2O4/c1-3-31-26(30)12-10-8-6-4-5-7-9-11-21-32-24-15-13-23(14-16-24)25(29)22-28-19-17-27(2)18-20-28/h13-16H,3-12,17-22H2,1-2H3. The van der Waals surface area contributed by atoms with E-state index in [9.17, 15) is 9.59 Å². The van der Waals surface area contributed by atoms with Crippen molar-refractivity contribution in [2.24, 2.45) is 0 Å². The molecule has 0 amide bonds. The first-order chi connectivity index (χ1) is 15.6. The van der Waals surface area contributed by atoms with Crippen molar-refractivity contribution in [1.29, 1.82) is 0 Å². The van der Waals surface area contributed by atoms with Crippen molar-refractivity contribution in [2.45, 2.75) is 64.7 Å². The van der Waals surface area contributed by atoms with Gasteiger partial charge >= 0.3 is 5.97 Å². The van der Waals surface area contributed by atoms with E-state index in [1.807, 2.05) is 31.2 Å². The normalized spacial score (nSPS) is 14.9. The molecule has 0 radical (unpaired) electrons. The summed E-state index contributed by atoms with van der Waals surface area (Å²) in [7, 11) is 2.12. The summed E-state index contributed by atoms with van der Waals surface area (Å²) in [5, 5.41) is 0. The minimum absolute atomic E-state index is 0.0700. The molecule has 0 saturated carbocycles. The summed E-state index contributed by atoms with van der Waals surface area (Å²) in [6.45, 7) is 7.50. The number of hydrogen-bond donors (Lipinski definition) is 0. The van der Waals surface area contributed by atoms with Crippen LogP contribution in [0.3, 0.4) is 0 Å². The lowest BCUT2D eigenvalue weighted by Gasteiger charge is -2.31. The molecule has 1 aliphatic rings. The zero-order chi connectivity index (χ0) is 23.0. The lowest BCUT2D eigenvalue weighted by atomic mass is 10.1. The summed E-state index contributed by atoms with van der Waals surface area (Å²) in [6.07, 6.45) is 9.70. The molecule has 1 aliphatic heterocycles. The van der Waals surface area contributed by atoms with Crippen molar-refractivity contribution in [3.8, 4) is 5.75 Å². The number of esters is 1. The van der Waals surface area contributed by atoms with Crippen molar-refractivity contribution >= 4 is 11.8 Å². The summed E-state index contributed by atoms with van der Waals surface area (Å²) in [5.74, 6) is 0.948. The molecule has 6 nitrogen and oxygen atoms in total. The molecule has 0 spiro atoms. The zero-order valence-electron chi connectivity index (χ0n) is 20.2. The average Bonchev–Trinajstić information content (AvgIpc) is 2.79. The molecule has 2 rings (SSSR count). The first kappa shape index (κ1) is 26.3. The quantitative estimate of drug-likeness (QED) is 0.211. The fourth-order valence-electron chi connectivity index (χ4n) is 3.89. The van der Waals surface area contributed by atoms with Gasteiger partial charge in [-0.3, -0.25) is 14.5 Å². The Kier molecular flexibility index (Phi) is 13.0. The van der Waals surface area contributed by atoms with Crippen LogP contribution < -0.4 is 4.74 Å². The monoisotopic (exact) mass is 446 g/mol. The zero-order valence-corrected chi connectivity index (χ0v) is 20.2. The van der Waals surface area contributed by atoms with Gasteiger partial charge in [-0.1, -0.05) is 38.5 Å². The first-order valence-electron chi connectivity index (χ1n) is 12.4. The van der Waals surface area contributed by atoms with Crippen LogP contribution in [-0.4, -0.2) is 74.5 Å². The summed E-state index contributed by atoms with van der Waals surface area (Å²) >= 11 is 0. The second-order valence-electron chi connectivity index (χ2n) is 8.76. The van der Waals surface area contributed by atoms with Gasteiger partial charge < -0.3 is 14.4 Å². The first-order valence-corrected chi connectivity index (χ1v) is 12.4. The number of Topliss-reactive ketones (excluding diaryl/α,β-unsaturated/α-hetero) is 1. The van der Waals surface area contributed by atoms with Gasteiger partial charge in [0.25, 0.3) is 0 Å². The maximum absolute atomic E-state index is 12.5. The van der Waals surface area contributed by atoms with Crippen molar-refractivity contribution < 1.29 is 19.1 Å². The molecule has 0 aromatic heterocycles. The fraction of sp³-hybridized carbons (Fsp3) is 0.692. The van der Waals surface area contributed by atoms with E-state index in [1.165, 1.54) is 32.1 Å². The van der Waals surface area contributed by atoms with Crippen LogP contribution in [0, 0.1) is 0 Å².